The maximum atomic E-state index is 12.1. The van der Waals surface area contributed by atoms with Gasteiger partial charge in [0.2, 0.25) is 10.0 Å². The summed E-state index contributed by atoms with van der Waals surface area (Å²) >= 11 is 5.66. The average Bonchev–Trinajstić information content (AvgIpc) is 2.38. The molecule has 0 aromatic heterocycles. The fourth-order valence-electron chi connectivity index (χ4n) is 1.66. The standard InChI is InChI=1S/C13H20ClNO3S/c1-11(8-14)10-19(16,17)15(2)9-12-5-4-6-13(7-12)18-3/h4-7,11H,8-10H2,1-3H3. The molecule has 0 aliphatic rings. The molecule has 108 valence electrons. The van der Waals surface area contributed by atoms with Gasteiger partial charge in [-0.25, -0.2) is 12.7 Å². The predicted molar refractivity (Wildman–Crippen MR) is 78.1 cm³/mol. The molecule has 6 heteroatoms. The van der Waals surface area contributed by atoms with Crippen LogP contribution in [0.25, 0.3) is 0 Å². The summed E-state index contributed by atoms with van der Waals surface area (Å²) in [6.45, 7) is 2.15. The first kappa shape index (κ1) is 16.3. The van der Waals surface area contributed by atoms with Crippen LogP contribution < -0.4 is 4.74 Å². The Bertz CT molecular complexity index is 504. The quantitative estimate of drug-likeness (QED) is 0.726. The van der Waals surface area contributed by atoms with Crippen LogP contribution in [0.1, 0.15) is 12.5 Å². The second-order valence-corrected chi connectivity index (χ2v) is 7.07. The zero-order valence-corrected chi connectivity index (χ0v) is 13.0. The summed E-state index contributed by atoms with van der Waals surface area (Å²) in [6, 6.07) is 7.38. The van der Waals surface area contributed by atoms with E-state index in [9.17, 15) is 8.42 Å². The summed E-state index contributed by atoms with van der Waals surface area (Å²) in [5.41, 5.74) is 0.893. The van der Waals surface area contributed by atoms with Gasteiger partial charge in [0.15, 0.2) is 0 Å². The van der Waals surface area contributed by atoms with Gasteiger partial charge in [0.05, 0.1) is 12.9 Å². The van der Waals surface area contributed by atoms with Crippen LogP contribution >= 0.6 is 11.6 Å². The normalized spacial score (nSPS) is 13.5. The van der Waals surface area contributed by atoms with Crippen molar-refractivity contribution in [2.24, 2.45) is 5.92 Å². The summed E-state index contributed by atoms with van der Waals surface area (Å²) in [6.07, 6.45) is 0. The Kier molecular flexibility index (Phi) is 6.10. The lowest BCUT2D eigenvalue weighted by Crippen LogP contribution is -2.31. The van der Waals surface area contributed by atoms with Gasteiger partial charge in [-0.15, -0.1) is 11.6 Å². The number of rotatable bonds is 7. The summed E-state index contributed by atoms with van der Waals surface area (Å²) < 4.78 is 30.7. The molecule has 1 aromatic rings. The first-order valence-corrected chi connectivity index (χ1v) is 8.16. The Morgan fingerprint density at radius 2 is 2.11 bits per heavy atom. The smallest absolute Gasteiger partial charge is 0.214 e. The summed E-state index contributed by atoms with van der Waals surface area (Å²) in [5, 5.41) is 0. The molecule has 4 nitrogen and oxygen atoms in total. The number of nitrogens with zero attached hydrogens (tertiary/aromatic N) is 1. The molecule has 1 aromatic carbocycles. The molecular formula is C13H20ClNO3S. The van der Waals surface area contributed by atoms with Crippen molar-refractivity contribution < 1.29 is 13.2 Å². The molecule has 0 heterocycles. The zero-order valence-electron chi connectivity index (χ0n) is 11.5. The van der Waals surface area contributed by atoms with Crippen molar-refractivity contribution in [2.75, 3.05) is 25.8 Å². The van der Waals surface area contributed by atoms with Gasteiger partial charge in [0.1, 0.15) is 5.75 Å². The molecular weight excluding hydrogens is 286 g/mol. The van der Waals surface area contributed by atoms with E-state index in [4.69, 9.17) is 16.3 Å². The van der Waals surface area contributed by atoms with E-state index in [2.05, 4.69) is 0 Å². The lowest BCUT2D eigenvalue weighted by Gasteiger charge is -2.19. The van der Waals surface area contributed by atoms with Gasteiger partial charge >= 0.3 is 0 Å². The van der Waals surface area contributed by atoms with Crippen molar-refractivity contribution in [3.05, 3.63) is 29.8 Å². The van der Waals surface area contributed by atoms with E-state index in [0.29, 0.717) is 12.4 Å². The molecule has 1 rings (SSSR count). The molecule has 0 N–H and O–H groups in total. The maximum absolute atomic E-state index is 12.1. The molecule has 0 fully saturated rings. The fourth-order valence-corrected chi connectivity index (χ4v) is 3.33. The van der Waals surface area contributed by atoms with Crippen LogP contribution in [0.5, 0.6) is 5.75 Å². The van der Waals surface area contributed by atoms with Crippen molar-refractivity contribution in [3.8, 4) is 5.75 Å². The highest BCUT2D eigenvalue weighted by atomic mass is 35.5. The van der Waals surface area contributed by atoms with E-state index in [1.165, 1.54) is 4.31 Å². The largest absolute Gasteiger partial charge is 0.497 e. The maximum Gasteiger partial charge on any atom is 0.214 e. The van der Waals surface area contributed by atoms with E-state index >= 15 is 0 Å². The molecule has 0 amide bonds. The Balaban J connectivity index is 2.75. The van der Waals surface area contributed by atoms with E-state index in [1.807, 2.05) is 31.2 Å². The summed E-state index contributed by atoms with van der Waals surface area (Å²) in [7, 11) is -0.117. The highest BCUT2D eigenvalue weighted by Gasteiger charge is 2.21. The number of ether oxygens (including phenoxy) is 1. The van der Waals surface area contributed by atoms with Crippen LogP contribution in [0, 0.1) is 5.92 Å². The molecule has 0 aliphatic carbocycles. The molecule has 0 bridgehead atoms. The van der Waals surface area contributed by atoms with E-state index < -0.39 is 10.0 Å². The van der Waals surface area contributed by atoms with Gasteiger partial charge in [0.25, 0.3) is 0 Å². The third-order valence-electron chi connectivity index (χ3n) is 2.77. The first-order valence-electron chi connectivity index (χ1n) is 6.02. The molecule has 1 atom stereocenters. The number of benzene rings is 1. The molecule has 0 aliphatic heterocycles. The molecule has 0 radical (unpaired) electrons. The minimum atomic E-state index is -3.28. The Labute approximate surface area is 120 Å². The van der Waals surface area contributed by atoms with Gasteiger partial charge < -0.3 is 4.74 Å². The van der Waals surface area contributed by atoms with Crippen LogP contribution in [-0.2, 0) is 16.6 Å². The second-order valence-electron chi connectivity index (χ2n) is 4.65. The molecule has 0 spiro atoms. The zero-order chi connectivity index (χ0) is 14.5. The van der Waals surface area contributed by atoms with Crippen molar-refractivity contribution in [1.82, 2.24) is 4.31 Å². The van der Waals surface area contributed by atoms with Crippen LogP contribution in [0.3, 0.4) is 0 Å². The number of sulfonamides is 1. The molecule has 0 saturated heterocycles. The van der Waals surface area contributed by atoms with Crippen LogP contribution in [0.2, 0.25) is 0 Å². The SMILES string of the molecule is COc1cccc(CN(C)S(=O)(=O)CC(C)CCl)c1. The average molecular weight is 306 g/mol. The number of hydrogen-bond donors (Lipinski definition) is 0. The van der Waals surface area contributed by atoms with Crippen molar-refractivity contribution in [1.29, 1.82) is 0 Å². The third-order valence-corrected chi connectivity index (χ3v) is 5.37. The minimum absolute atomic E-state index is 0.0561. The minimum Gasteiger partial charge on any atom is -0.497 e. The van der Waals surface area contributed by atoms with Gasteiger partial charge in [-0.05, 0) is 23.6 Å². The summed E-state index contributed by atoms with van der Waals surface area (Å²) in [5.74, 6) is 1.07. The van der Waals surface area contributed by atoms with Gasteiger partial charge in [0, 0.05) is 19.5 Å². The molecule has 0 saturated carbocycles. The fraction of sp³-hybridized carbons (Fsp3) is 0.538. The monoisotopic (exact) mass is 305 g/mol. The number of hydrogen-bond acceptors (Lipinski definition) is 3. The number of alkyl halides is 1. The van der Waals surface area contributed by atoms with Gasteiger partial charge in [-0.2, -0.15) is 0 Å². The van der Waals surface area contributed by atoms with Crippen molar-refractivity contribution in [2.45, 2.75) is 13.5 Å². The van der Waals surface area contributed by atoms with Crippen LogP contribution in [0.4, 0.5) is 0 Å². The Hall–Kier alpha value is -0.780. The van der Waals surface area contributed by atoms with Crippen molar-refractivity contribution in [3.63, 3.8) is 0 Å². The molecule has 19 heavy (non-hydrogen) atoms. The lowest BCUT2D eigenvalue weighted by molar-refractivity contribution is 0.412. The van der Waals surface area contributed by atoms with E-state index in [1.54, 1.807) is 14.2 Å². The highest BCUT2D eigenvalue weighted by molar-refractivity contribution is 7.89. The van der Waals surface area contributed by atoms with Crippen molar-refractivity contribution >= 4 is 21.6 Å². The molecule has 1 unspecified atom stereocenters. The van der Waals surface area contributed by atoms with E-state index in [0.717, 1.165) is 11.3 Å². The number of halogens is 1. The summed E-state index contributed by atoms with van der Waals surface area (Å²) in [4.78, 5) is 0. The third kappa shape index (κ3) is 5.01. The second kappa shape index (κ2) is 7.12. The highest BCUT2D eigenvalue weighted by Crippen LogP contribution is 2.16. The predicted octanol–water partition coefficient (Wildman–Crippen LogP) is 2.33. The van der Waals surface area contributed by atoms with Crippen LogP contribution in [-0.4, -0.2) is 38.5 Å². The van der Waals surface area contributed by atoms with Gasteiger partial charge in [-0.1, -0.05) is 19.1 Å². The van der Waals surface area contributed by atoms with Gasteiger partial charge in [-0.3, -0.25) is 0 Å². The topological polar surface area (TPSA) is 46.6 Å². The first-order chi connectivity index (χ1) is 8.89. The van der Waals surface area contributed by atoms with Crippen LogP contribution in [0.15, 0.2) is 24.3 Å². The van der Waals surface area contributed by atoms with E-state index in [-0.39, 0.29) is 11.7 Å². The number of methoxy groups -OCH3 is 1. The Morgan fingerprint density at radius 3 is 2.68 bits per heavy atom. The Morgan fingerprint density at radius 1 is 1.42 bits per heavy atom. The lowest BCUT2D eigenvalue weighted by atomic mass is 10.2.